The van der Waals surface area contributed by atoms with E-state index in [4.69, 9.17) is 0 Å². The summed E-state index contributed by atoms with van der Waals surface area (Å²) in [6.07, 6.45) is 7.35. The average molecular weight is 213 g/mol. The average Bonchev–Trinajstić information content (AvgIpc) is 3.03. The summed E-state index contributed by atoms with van der Waals surface area (Å²) >= 11 is 0. The molecule has 0 bridgehead atoms. The van der Waals surface area contributed by atoms with Crippen LogP contribution in [0.1, 0.15) is 66.7 Å². The van der Waals surface area contributed by atoms with Gasteiger partial charge in [0.05, 0.1) is 0 Å². The second-order valence-corrected chi connectivity index (χ2v) is 4.43. The molecule has 1 nitrogen and oxygen atoms in total. The maximum atomic E-state index is 3.43. The topological polar surface area (TPSA) is 12.0 Å². The van der Waals surface area contributed by atoms with E-state index in [1.54, 1.807) is 0 Å². The highest BCUT2D eigenvalue weighted by Gasteiger charge is 2.56. The molecule has 3 atom stereocenters. The minimum absolute atomic E-state index is 0.743. The second-order valence-electron chi connectivity index (χ2n) is 4.43. The fourth-order valence-electron chi connectivity index (χ4n) is 2.97. The summed E-state index contributed by atoms with van der Waals surface area (Å²) < 4.78 is 0. The molecule has 0 aromatic heterocycles. The van der Waals surface area contributed by atoms with E-state index in [1.807, 2.05) is 27.7 Å². The SMILES string of the molecule is CC.CC.CNC1CC12CCCCC2C. The highest BCUT2D eigenvalue weighted by Crippen LogP contribution is 2.59. The van der Waals surface area contributed by atoms with Crippen molar-refractivity contribution < 1.29 is 0 Å². The Morgan fingerprint density at radius 2 is 1.67 bits per heavy atom. The zero-order chi connectivity index (χ0) is 11.9. The van der Waals surface area contributed by atoms with Gasteiger partial charge in [0, 0.05) is 6.04 Å². The molecule has 0 aliphatic heterocycles. The van der Waals surface area contributed by atoms with Gasteiger partial charge in [-0.2, -0.15) is 0 Å². The molecule has 0 heterocycles. The third-order valence-corrected chi connectivity index (χ3v) is 3.98. The molecule has 2 rings (SSSR count). The first-order valence-electron chi connectivity index (χ1n) is 6.97. The predicted octanol–water partition coefficient (Wildman–Crippen LogP) is 4.23. The molecule has 1 spiro atoms. The fourth-order valence-corrected chi connectivity index (χ4v) is 2.97. The number of rotatable bonds is 1. The van der Waals surface area contributed by atoms with Gasteiger partial charge in [-0.1, -0.05) is 53.9 Å². The van der Waals surface area contributed by atoms with E-state index in [9.17, 15) is 0 Å². The van der Waals surface area contributed by atoms with Crippen LogP contribution in [0.3, 0.4) is 0 Å². The Labute approximate surface area is 97.0 Å². The molecule has 0 saturated heterocycles. The van der Waals surface area contributed by atoms with Crippen LogP contribution in [-0.4, -0.2) is 13.1 Å². The van der Waals surface area contributed by atoms with Gasteiger partial charge in [0.1, 0.15) is 0 Å². The number of hydrogen-bond acceptors (Lipinski definition) is 1. The standard InChI is InChI=1S/C10H19N.2C2H6/c1-8-5-3-4-6-10(8)7-9(10)11-2;2*1-2/h8-9,11H,3-7H2,1-2H3;2*1-2H3. The van der Waals surface area contributed by atoms with Gasteiger partial charge < -0.3 is 5.32 Å². The molecule has 3 unspecified atom stereocenters. The van der Waals surface area contributed by atoms with Gasteiger partial charge in [-0.25, -0.2) is 0 Å². The molecule has 0 radical (unpaired) electrons. The van der Waals surface area contributed by atoms with Crippen LogP contribution >= 0.6 is 0 Å². The minimum Gasteiger partial charge on any atom is -0.316 e. The zero-order valence-electron chi connectivity index (χ0n) is 11.7. The Morgan fingerprint density at radius 1 is 1.07 bits per heavy atom. The summed E-state index contributed by atoms with van der Waals surface area (Å²) in [7, 11) is 2.11. The zero-order valence-corrected chi connectivity index (χ0v) is 11.7. The second kappa shape index (κ2) is 7.27. The Bertz CT molecular complexity index is 155. The maximum Gasteiger partial charge on any atom is 0.0130 e. The molecule has 2 fully saturated rings. The molecule has 0 aromatic rings. The minimum atomic E-state index is 0.743. The molecule has 92 valence electrons. The molecule has 15 heavy (non-hydrogen) atoms. The predicted molar refractivity (Wildman–Crippen MR) is 70.2 cm³/mol. The van der Waals surface area contributed by atoms with E-state index >= 15 is 0 Å². The molecule has 1 heteroatoms. The molecule has 2 saturated carbocycles. The van der Waals surface area contributed by atoms with Crippen LogP contribution in [0.15, 0.2) is 0 Å². The van der Waals surface area contributed by atoms with Gasteiger partial charge in [-0.15, -0.1) is 0 Å². The molecule has 0 amide bonds. The van der Waals surface area contributed by atoms with E-state index < -0.39 is 0 Å². The highest BCUT2D eigenvalue weighted by molar-refractivity contribution is 5.10. The Morgan fingerprint density at radius 3 is 2.07 bits per heavy atom. The Balaban J connectivity index is 0.000000442. The van der Waals surface area contributed by atoms with Crippen LogP contribution in [0, 0.1) is 11.3 Å². The molecular formula is C14H31N. The molecule has 2 aliphatic carbocycles. The number of hydrogen-bond donors (Lipinski definition) is 1. The van der Waals surface area contributed by atoms with Gasteiger partial charge in [0.2, 0.25) is 0 Å². The quantitative estimate of drug-likeness (QED) is 0.687. The van der Waals surface area contributed by atoms with Gasteiger partial charge in [-0.3, -0.25) is 0 Å². The van der Waals surface area contributed by atoms with Crippen molar-refractivity contribution in [3.63, 3.8) is 0 Å². The monoisotopic (exact) mass is 213 g/mol. The lowest BCUT2D eigenvalue weighted by Crippen LogP contribution is -2.27. The van der Waals surface area contributed by atoms with Crippen molar-refractivity contribution >= 4 is 0 Å². The summed E-state index contributed by atoms with van der Waals surface area (Å²) in [6, 6.07) is 0.859. The van der Waals surface area contributed by atoms with Crippen LogP contribution in [0.5, 0.6) is 0 Å². The lowest BCUT2D eigenvalue weighted by Gasteiger charge is -2.29. The first kappa shape index (κ1) is 15.0. The van der Waals surface area contributed by atoms with Crippen LogP contribution in [0.2, 0.25) is 0 Å². The van der Waals surface area contributed by atoms with Gasteiger partial charge in [0.15, 0.2) is 0 Å². The third-order valence-electron chi connectivity index (χ3n) is 3.98. The number of nitrogens with one attached hydrogen (secondary N) is 1. The molecule has 1 N–H and O–H groups in total. The van der Waals surface area contributed by atoms with E-state index in [-0.39, 0.29) is 0 Å². The molecule has 0 aromatic carbocycles. The van der Waals surface area contributed by atoms with Crippen molar-refractivity contribution in [1.82, 2.24) is 5.32 Å². The first-order chi connectivity index (χ1) is 7.29. The Hall–Kier alpha value is -0.0400. The van der Waals surface area contributed by atoms with Crippen LogP contribution in [0.4, 0.5) is 0 Å². The highest BCUT2D eigenvalue weighted by atomic mass is 15.0. The lowest BCUT2D eigenvalue weighted by molar-refractivity contribution is 0.218. The third kappa shape index (κ3) is 3.21. The van der Waals surface area contributed by atoms with Crippen molar-refractivity contribution in [3.05, 3.63) is 0 Å². The van der Waals surface area contributed by atoms with E-state index in [0.29, 0.717) is 0 Å². The summed E-state index contributed by atoms with van der Waals surface area (Å²) in [6.45, 7) is 10.4. The Kier molecular flexibility index (Phi) is 7.25. The van der Waals surface area contributed by atoms with Crippen molar-refractivity contribution in [2.24, 2.45) is 11.3 Å². The smallest absolute Gasteiger partial charge is 0.0130 e. The summed E-state index contributed by atoms with van der Waals surface area (Å²) in [4.78, 5) is 0. The maximum absolute atomic E-state index is 3.43. The van der Waals surface area contributed by atoms with Crippen LogP contribution < -0.4 is 5.32 Å². The van der Waals surface area contributed by atoms with E-state index in [1.165, 1.54) is 32.1 Å². The van der Waals surface area contributed by atoms with Gasteiger partial charge >= 0.3 is 0 Å². The first-order valence-corrected chi connectivity index (χ1v) is 6.97. The van der Waals surface area contributed by atoms with Gasteiger partial charge in [0.25, 0.3) is 0 Å². The summed E-state index contributed by atoms with van der Waals surface area (Å²) in [5.74, 6) is 0.980. The lowest BCUT2D eigenvalue weighted by atomic mass is 9.77. The van der Waals surface area contributed by atoms with Crippen molar-refractivity contribution in [2.45, 2.75) is 72.8 Å². The van der Waals surface area contributed by atoms with E-state index in [0.717, 1.165) is 17.4 Å². The summed E-state index contributed by atoms with van der Waals surface area (Å²) in [5, 5.41) is 3.43. The van der Waals surface area contributed by atoms with Crippen molar-refractivity contribution in [1.29, 1.82) is 0 Å². The summed E-state index contributed by atoms with van der Waals surface area (Å²) in [5.41, 5.74) is 0.743. The molecule has 2 aliphatic rings. The molecular weight excluding hydrogens is 182 g/mol. The fraction of sp³-hybridized carbons (Fsp3) is 1.00. The van der Waals surface area contributed by atoms with Crippen molar-refractivity contribution in [3.8, 4) is 0 Å². The van der Waals surface area contributed by atoms with Crippen LogP contribution in [-0.2, 0) is 0 Å². The van der Waals surface area contributed by atoms with Gasteiger partial charge in [-0.05, 0) is 31.2 Å². The van der Waals surface area contributed by atoms with Crippen molar-refractivity contribution in [2.75, 3.05) is 7.05 Å². The van der Waals surface area contributed by atoms with E-state index in [2.05, 4.69) is 19.3 Å². The van der Waals surface area contributed by atoms with Crippen LogP contribution in [0.25, 0.3) is 0 Å². The largest absolute Gasteiger partial charge is 0.316 e. The normalized spacial score (nSPS) is 37.2.